The Kier molecular flexibility index (Phi) is 5.34. The number of carbonyl (C=O) groups excluding carboxylic acids is 1. The second-order valence-electron chi connectivity index (χ2n) is 4.20. The number of benzene rings is 1. The number of nitrogens with zero attached hydrogens (tertiary/aromatic N) is 1. The molecule has 0 heterocycles. The van der Waals surface area contributed by atoms with Crippen LogP contribution in [-0.2, 0) is 13.8 Å². The molecule has 5 nitrogen and oxygen atoms in total. The molecule has 0 N–H and O–H groups in total. The van der Waals surface area contributed by atoms with E-state index >= 15 is 0 Å². The number of hydrogen-bond donors (Lipinski definition) is 0. The maximum atomic E-state index is 12.1. The number of amides is 1. The van der Waals surface area contributed by atoms with E-state index in [0.717, 1.165) is 0 Å². The molecule has 1 atom stereocenters. The van der Waals surface area contributed by atoms with Gasteiger partial charge in [-0.25, -0.2) is 8.42 Å². The number of methoxy groups -OCH3 is 1. The third-order valence-corrected chi connectivity index (χ3v) is 3.99. The first-order valence-corrected chi connectivity index (χ1v) is 7.89. The molecule has 106 valence electrons. The van der Waals surface area contributed by atoms with Crippen molar-refractivity contribution in [3.05, 3.63) is 29.8 Å². The Morgan fingerprint density at radius 3 is 2.63 bits per heavy atom. The van der Waals surface area contributed by atoms with Gasteiger partial charge in [-0.05, 0) is 25.1 Å². The van der Waals surface area contributed by atoms with Crippen molar-refractivity contribution in [3.63, 3.8) is 0 Å². The topological polar surface area (TPSA) is 63.7 Å². The zero-order chi connectivity index (χ0) is 14.6. The van der Waals surface area contributed by atoms with Gasteiger partial charge in [0.15, 0.2) is 0 Å². The molecule has 1 unspecified atom stereocenters. The van der Waals surface area contributed by atoms with Crippen LogP contribution in [0.4, 0.5) is 0 Å². The summed E-state index contributed by atoms with van der Waals surface area (Å²) in [4.78, 5) is 13.5. The Hall–Kier alpha value is -1.11. The van der Waals surface area contributed by atoms with E-state index in [1.54, 1.807) is 20.2 Å². The Balaban J connectivity index is 2.94. The highest BCUT2D eigenvalue weighted by molar-refractivity contribution is 8.13. The summed E-state index contributed by atoms with van der Waals surface area (Å²) in [6, 6.07) is 5.63. The van der Waals surface area contributed by atoms with Crippen molar-refractivity contribution >= 4 is 25.6 Å². The first kappa shape index (κ1) is 15.9. The van der Waals surface area contributed by atoms with Crippen molar-refractivity contribution in [2.75, 3.05) is 20.7 Å². The predicted molar refractivity (Wildman–Crippen MR) is 72.9 cm³/mol. The van der Waals surface area contributed by atoms with Gasteiger partial charge in [0.2, 0.25) is 0 Å². The maximum Gasteiger partial charge on any atom is 0.261 e. The number of halogens is 1. The lowest BCUT2D eigenvalue weighted by Gasteiger charge is -2.20. The fraction of sp³-hybridized carbons (Fsp3) is 0.417. The largest absolute Gasteiger partial charge is 0.380 e. The molecule has 0 aliphatic heterocycles. The van der Waals surface area contributed by atoms with E-state index in [-0.39, 0.29) is 22.5 Å². The highest BCUT2D eigenvalue weighted by atomic mass is 35.7. The summed E-state index contributed by atoms with van der Waals surface area (Å²) in [5.41, 5.74) is 0.271. The van der Waals surface area contributed by atoms with E-state index in [2.05, 4.69) is 0 Å². The molecule has 0 saturated carbocycles. The van der Waals surface area contributed by atoms with Gasteiger partial charge in [-0.3, -0.25) is 4.79 Å². The van der Waals surface area contributed by atoms with E-state index in [4.69, 9.17) is 15.4 Å². The van der Waals surface area contributed by atoms with E-state index in [1.165, 1.54) is 23.1 Å². The normalized spacial score (nSPS) is 13.1. The molecule has 0 bridgehead atoms. The predicted octanol–water partition coefficient (Wildman–Crippen LogP) is 1.72. The minimum atomic E-state index is -3.84. The highest BCUT2D eigenvalue weighted by Crippen LogP contribution is 2.17. The Morgan fingerprint density at radius 2 is 2.11 bits per heavy atom. The van der Waals surface area contributed by atoms with Gasteiger partial charge in [-0.2, -0.15) is 0 Å². The van der Waals surface area contributed by atoms with Crippen molar-refractivity contribution in [2.45, 2.75) is 17.9 Å². The van der Waals surface area contributed by atoms with Crippen LogP contribution in [0.5, 0.6) is 0 Å². The second kappa shape index (κ2) is 6.36. The first-order valence-electron chi connectivity index (χ1n) is 5.58. The molecule has 0 spiro atoms. The SMILES string of the molecule is COC(C)CN(C)C(=O)c1cccc(S(=O)(=O)Cl)c1. The van der Waals surface area contributed by atoms with Gasteiger partial charge in [-0.15, -0.1) is 0 Å². The quantitative estimate of drug-likeness (QED) is 0.777. The van der Waals surface area contributed by atoms with Crippen LogP contribution in [0.3, 0.4) is 0 Å². The van der Waals surface area contributed by atoms with Crippen molar-refractivity contribution < 1.29 is 17.9 Å². The smallest absolute Gasteiger partial charge is 0.261 e. The number of carbonyl (C=O) groups is 1. The Bertz CT molecular complexity index is 559. The minimum Gasteiger partial charge on any atom is -0.380 e. The number of ether oxygens (including phenoxy) is 1. The molecular formula is C12H16ClNO4S. The monoisotopic (exact) mass is 305 g/mol. The number of likely N-dealkylation sites (N-methyl/N-ethyl adjacent to an activating group) is 1. The average Bonchev–Trinajstić information content (AvgIpc) is 2.36. The fourth-order valence-corrected chi connectivity index (χ4v) is 2.34. The molecule has 0 aliphatic carbocycles. The van der Waals surface area contributed by atoms with Crippen LogP contribution in [0.2, 0.25) is 0 Å². The maximum absolute atomic E-state index is 12.1. The summed E-state index contributed by atoms with van der Waals surface area (Å²) in [5, 5.41) is 0. The Morgan fingerprint density at radius 1 is 1.47 bits per heavy atom. The minimum absolute atomic E-state index is 0.0896. The van der Waals surface area contributed by atoms with Gasteiger partial charge in [0.1, 0.15) is 0 Å². The van der Waals surface area contributed by atoms with Gasteiger partial charge < -0.3 is 9.64 Å². The van der Waals surface area contributed by atoms with Crippen LogP contribution >= 0.6 is 10.7 Å². The molecular weight excluding hydrogens is 290 g/mol. The van der Waals surface area contributed by atoms with Crippen LogP contribution in [0.15, 0.2) is 29.2 Å². The third kappa shape index (κ3) is 4.49. The van der Waals surface area contributed by atoms with Gasteiger partial charge in [0.25, 0.3) is 15.0 Å². The molecule has 7 heteroatoms. The second-order valence-corrected chi connectivity index (χ2v) is 6.76. The van der Waals surface area contributed by atoms with Crippen LogP contribution in [0.25, 0.3) is 0 Å². The zero-order valence-electron chi connectivity index (χ0n) is 11.0. The number of rotatable bonds is 5. The van der Waals surface area contributed by atoms with E-state index in [0.29, 0.717) is 6.54 Å². The molecule has 0 aliphatic rings. The number of hydrogen-bond acceptors (Lipinski definition) is 4. The van der Waals surface area contributed by atoms with Crippen LogP contribution in [-0.4, -0.2) is 46.0 Å². The van der Waals surface area contributed by atoms with E-state index in [1.807, 2.05) is 6.92 Å². The highest BCUT2D eigenvalue weighted by Gasteiger charge is 2.17. The summed E-state index contributed by atoms with van der Waals surface area (Å²) in [6.07, 6.45) is -0.103. The first-order chi connectivity index (χ1) is 8.75. The van der Waals surface area contributed by atoms with E-state index < -0.39 is 9.05 Å². The fourth-order valence-electron chi connectivity index (χ4n) is 1.54. The van der Waals surface area contributed by atoms with Crippen molar-refractivity contribution in [1.82, 2.24) is 4.90 Å². The molecule has 1 amide bonds. The van der Waals surface area contributed by atoms with Gasteiger partial charge in [-0.1, -0.05) is 6.07 Å². The molecule has 1 rings (SSSR count). The summed E-state index contributed by atoms with van der Waals surface area (Å²) >= 11 is 0. The molecule has 0 saturated heterocycles. The molecule has 0 fully saturated rings. The van der Waals surface area contributed by atoms with Crippen molar-refractivity contribution in [1.29, 1.82) is 0 Å². The van der Waals surface area contributed by atoms with Crippen molar-refractivity contribution in [2.24, 2.45) is 0 Å². The molecule has 1 aromatic rings. The molecule has 1 aromatic carbocycles. The van der Waals surface area contributed by atoms with Crippen LogP contribution in [0, 0.1) is 0 Å². The van der Waals surface area contributed by atoms with E-state index in [9.17, 15) is 13.2 Å². The van der Waals surface area contributed by atoms with Crippen molar-refractivity contribution in [3.8, 4) is 0 Å². The summed E-state index contributed by atoms with van der Waals surface area (Å²) < 4.78 is 27.5. The van der Waals surface area contributed by atoms with Crippen LogP contribution < -0.4 is 0 Å². The lowest BCUT2D eigenvalue weighted by molar-refractivity contribution is 0.0600. The standard InChI is InChI=1S/C12H16ClNO4S/c1-9(18-3)8-14(2)12(15)10-5-4-6-11(7-10)19(13,16)17/h4-7,9H,8H2,1-3H3. The van der Waals surface area contributed by atoms with Crippen LogP contribution in [0.1, 0.15) is 17.3 Å². The van der Waals surface area contributed by atoms with Gasteiger partial charge in [0.05, 0.1) is 11.0 Å². The Labute approximate surface area is 117 Å². The molecule has 0 aromatic heterocycles. The summed E-state index contributed by atoms with van der Waals surface area (Å²) in [5.74, 6) is -0.286. The molecule has 0 radical (unpaired) electrons. The summed E-state index contributed by atoms with van der Waals surface area (Å²) in [6.45, 7) is 2.25. The average molecular weight is 306 g/mol. The third-order valence-electron chi connectivity index (χ3n) is 2.64. The van der Waals surface area contributed by atoms with Gasteiger partial charge >= 0.3 is 0 Å². The summed E-state index contributed by atoms with van der Waals surface area (Å²) in [7, 11) is 4.60. The van der Waals surface area contributed by atoms with Gasteiger partial charge in [0, 0.05) is 36.9 Å². The molecule has 19 heavy (non-hydrogen) atoms. The lowest BCUT2D eigenvalue weighted by atomic mass is 10.2. The zero-order valence-corrected chi connectivity index (χ0v) is 12.5. The lowest BCUT2D eigenvalue weighted by Crippen LogP contribution is -2.33.